The van der Waals surface area contributed by atoms with Crippen LogP contribution in [-0.2, 0) is 16.0 Å². The summed E-state index contributed by atoms with van der Waals surface area (Å²) in [5, 5.41) is 15.7. The van der Waals surface area contributed by atoms with Gasteiger partial charge in [-0.3, -0.25) is 4.79 Å². The van der Waals surface area contributed by atoms with Crippen LogP contribution in [0.1, 0.15) is 21.7 Å². The molecule has 0 atom stereocenters. The molecule has 45 heavy (non-hydrogen) atoms. The molecule has 0 spiro atoms. The van der Waals surface area contributed by atoms with E-state index in [9.17, 15) is 9.18 Å². The first-order chi connectivity index (χ1) is 21.9. The van der Waals surface area contributed by atoms with E-state index < -0.39 is 0 Å². The van der Waals surface area contributed by atoms with Gasteiger partial charge in [0.15, 0.2) is 12.0 Å². The van der Waals surface area contributed by atoms with Crippen LogP contribution in [0, 0.1) is 12.7 Å². The number of aromatic nitrogens is 2. The van der Waals surface area contributed by atoms with E-state index in [1.807, 2.05) is 55.5 Å². The van der Waals surface area contributed by atoms with Crippen molar-refractivity contribution in [3.63, 3.8) is 0 Å². The van der Waals surface area contributed by atoms with Crippen molar-refractivity contribution in [2.24, 2.45) is 0 Å². The number of aldehydes is 1. The summed E-state index contributed by atoms with van der Waals surface area (Å²) in [7, 11) is 0. The molecule has 0 fully saturated rings. The number of carbonyl (C=O) groups is 1. The first-order valence-corrected chi connectivity index (χ1v) is 14.5. The first kappa shape index (κ1) is 31.6. The standard InChI is InChI=1S/C26H17ClFN3O3.C7H8O3S/c27-22-12-19(5-8-25(22)33-14-16-2-1-3-18(28)10-16)31-26-21-11-17(4-7-23(21)29-15-30-26)24-9-6-20(13-32)34-24;1-6-2-4-7(5-3-6)11-10-9-8/h1-13,15H,14H2,(H,29,30,31);2-5,8H,1H3. The molecule has 228 valence electrons. The van der Waals surface area contributed by atoms with Crippen molar-refractivity contribution in [3.05, 3.63) is 131 Å². The lowest BCUT2D eigenvalue weighted by Crippen LogP contribution is -1.98. The van der Waals surface area contributed by atoms with Crippen molar-refractivity contribution in [1.82, 2.24) is 9.97 Å². The van der Waals surface area contributed by atoms with Crippen molar-refractivity contribution in [2.75, 3.05) is 5.32 Å². The number of carbonyl (C=O) groups excluding carboxylic acids is 1. The van der Waals surface area contributed by atoms with Gasteiger partial charge >= 0.3 is 0 Å². The van der Waals surface area contributed by atoms with Gasteiger partial charge < -0.3 is 14.5 Å². The van der Waals surface area contributed by atoms with E-state index in [1.165, 1.54) is 24.0 Å². The fourth-order valence-corrected chi connectivity index (χ4v) is 4.74. The number of fused-ring (bicyclic) bond motifs is 1. The molecule has 9 nitrogen and oxygen atoms in total. The summed E-state index contributed by atoms with van der Waals surface area (Å²) >= 11 is 7.38. The highest BCUT2D eigenvalue weighted by molar-refractivity contribution is 7.94. The zero-order valence-electron chi connectivity index (χ0n) is 23.6. The van der Waals surface area contributed by atoms with E-state index in [4.69, 9.17) is 26.0 Å². The average molecular weight is 646 g/mol. The van der Waals surface area contributed by atoms with E-state index in [-0.39, 0.29) is 18.2 Å². The van der Waals surface area contributed by atoms with Crippen LogP contribution in [0.4, 0.5) is 15.9 Å². The van der Waals surface area contributed by atoms with Gasteiger partial charge in [0.25, 0.3) is 0 Å². The topological polar surface area (TPSA) is 116 Å². The SMILES string of the molecule is Cc1ccc(SOOO)cc1.O=Cc1ccc(-c2ccc3ncnc(Nc4ccc(OCc5cccc(F)c5)c(Cl)c4)c3c2)o1. The number of anilines is 2. The van der Waals surface area contributed by atoms with Crippen molar-refractivity contribution in [1.29, 1.82) is 0 Å². The van der Waals surface area contributed by atoms with Gasteiger partial charge in [0.1, 0.15) is 36.1 Å². The van der Waals surface area contributed by atoms with Gasteiger partial charge in [0.05, 0.1) is 22.6 Å². The fourth-order valence-electron chi connectivity index (χ4n) is 4.15. The number of nitrogens with zero attached hydrogens (tertiary/aromatic N) is 2. The average Bonchev–Trinajstić information content (AvgIpc) is 3.54. The molecule has 12 heteroatoms. The Labute approximate surface area is 266 Å². The molecule has 0 amide bonds. The lowest BCUT2D eigenvalue weighted by atomic mass is 10.1. The Bertz CT molecular complexity index is 1900. The van der Waals surface area contributed by atoms with Crippen LogP contribution in [0.15, 0.2) is 113 Å². The summed E-state index contributed by atoms with van der Waals surface area (Å²) in [4.78, 5) is 20.5. The van der Waals surface area contributed by atoms with E-state index in [1.54, 1.807) is 36.4 Å². The number of halogens is 2. The van der Waals surface area contributed by atoms with E-state index in [2.05, 4.69) is 24.7 Å². The van der Waals surface area contributed by atoms with Crippen LogP contribution in [0.3, 0.4) is 0 Å². The Morgan fingerprint density at radius 3 is 2.58 bits per heavy atom. The van der Waals surface area contributed by atoms with Crippen molar-refractivity contribution in [3.8, 4) is 17.1 Å². The lowest BCUT2D eigenvalue weighted by Gasteiger charge is -2.12. The van der Waals surface area contributed by atoms with Crippen molar-refractivity contribution < 1.29 is 33.0 Å². The summed E-state index contributed by atoms with van der Waals surface area (Å²) < 4.78 is 28.9. The maximum absolute atomic E-state index is 13.4. The Hall–Kier alpha value is -4.78. The highest BCUT2D eigenvalue weighted by Crippen LogP contribution is 2.32. The third kappa shape index (κ3) is 8.66. The van der Waals surface area contributed by atoms with Crippen LogP contribution in [-0.4, -0.2) is 21.5 Å². The second kappa shape index (κ2) is 15.3. The quantitative estimate of drug-likeness (QED) is 0.0646. The summed E-state index contributed by atoms with van der Waals surface area (Å²) in [6, 6.07) is 28.1. The normalized spacial score (nSPS) is 10.7. The number of hydrogen-bond donors (Lipinski definition) is 2. The molecule has 0 saturated carbocycles. The van der Waals surface area contributed by atoms with Crippen LogP contribution in [0.5, 0.6) is 5.75 Å². The number of ether oxygens (including phenoxy) is 1. The molecule has 0 bridgehead atoms. The fraction of sp³-hybridized carbons (Fsp3) is 0.0606. The van der Waals surface area contributed by atoms with E-state index >= 15 is 0 Å². The maximum atomic E-state index is 13.4. The molecule has 0 saturated heterocycles. The first-order valence-electron chi connectivity index (χ1n) is 13.4. The van der Waals surface area contributed by atoms with Gasteiger partial charge in [0, 0.05) is 21.5 Å². The second-order valence-corrected chi connectivity index (χ2v) is 10.7. The van der Waals surface area contributed by atoms with Crippen LogP contribution >= 0.6 is 23.6 Å². The monoisotopic (exact) mass is 645 g/mol. The van der Waals surface area contributed by atoms with Gasteiger partial charge in [-0.15, -0.1) is 4.33 Å². The molecule has 4 aromatic carbocycles. The number of benzene rings is 4. The molecule has 0 aliphatic heterocycles. The van der Waals surface area contributed by atoms with Gasteiger partial charge in [-0.2, -0.15) is 0 Å². The molecule has 2 N–H and O–H groups in total. The minimum atomic E-state index is -0.316. The number of rotatable bonds is 10. The van der Waals surface area contributed by atoms with Crippen molar-refractivity contribution >= 4 is 52.3 Å². The van der Waals surface area contributed by atoms with E-state index in [0.29, 0.717) is 39.9 Å². The zero-order chi connectivity index (χ0) is 31.6. The van der Waals surface area contributed by atoms with Crippen molar-refractivity contribution in [2.45, 2.75) is 18.4 Å². The summed E-state index contributed by atoms with van der Waals surface area (Å²) in [5.41, 5.74) is 4.12. The maximum Gasteiger partial charge on any atom is 0.185 e. The van der Waals surface area contributed by atoms with Gasteiger partial charge in [-0.25, -0.2) is 19.6 Å². The van der Waals surface area contributed by atoms with Gasteiger partial charge in [-0.05, 0) is 85.3 Å². The minimum Gasteiger partial charge on any atom is -0.487 e. The van der Waals surface area contributed by atoms with Crippen LogP contribution < -0.4 is 10.1 Å². The third-order valence-corrected chi connectivity index (χ3v) is 7.21. The predicted molar refractivity (Wildman–Crippen MR) is 170 cm³/mol. The predicted octanol–water partition coefficient (Wildman–Crippen LogP) is 9.24. The van der Waals surface area contributed by atoms with Crippen LogP contribution in [0.2, 0.25) is 5.02 Å². The smallest absolute Gasteiger partial charge is 0.185 e. The Morgan fingerprint density at radius 1 is 1.00 bits per heavy atom. The number of furan rings is 1. The molecule has 0 unspecified atom stereocenters. The largest absolute Gasteiger partial charge is 0.487 e. The Morgan fingerprint density at radius 2 is 1.84 bits per heavy atom. The van der Waals surface area contributed by atoms with Gasteiger partial charge in [-0.1, -0.05) is 46.5 Å². The molecule has 0 aliphatic rings. The molecule has 2 heterocycles. The lowest BCUT2D eigenvalue weighted by molar-refractivity contribution is -0.432. The molecule has 2 aromatic heterocycles. The second-order valence-electron chi connectivity index (χ2n) is 9.50. The number of hydrogen-bond acceptors (Lipinski definition) is 10. The summed E-state index contributed by atoms with van der Waals surface area (Å²) in [6.45, 7) is 2.19. The number of aryl methyl sites for hydroxylation is 1. The van der Waals surface area contributed by atoms with Crippen LogP contribution in [0.25, 0.3) is 22.2 Å². The summed E-state index contributed by atoms with van der Waals surface area (Å²) in [6.07, 6.45) is 2.13. The molecule has 0 radical (unpaired) electrons. The molecule has 6 rings (SSSR count). The molecular formula is C33H25ClFN3O6S. The highest BCUT2D eigenvalue weighted by atomic mass is 35.5. The summed E-state index contributed by atoms with van der Waals surface area (Å²) in [5.74, 6) is 1.57. The highest BCUT2D eigenvalue weighted by Gasteiger charge is 2.11. The molecule has 0 aliphatic carbocycles. The minimum absolute atomic E-state index is 0.197. The zero-order valence-corrected chi connectivity index (χ0v) is 25.2. The molecular weight excluding hydrogens is 621 g/mol. The Kier molecular flexibility index (Phi) is 10.7. The Balaban J connectivity index is 0.000000309. The van der Waals surface area contributed by atoms with Gasteiger partial charge in [0.2, 0.25) is 0 Å². The number of nitrogens with one attached hydrogen (secondary N) is 1. The third-order valence-electron chi connectivity index (χ3n) is 6.32. The molecule has 6 aromatic rings. The van der Waals surface area contributed by atoms with E-state index in [0.717, 1.165) is 33.4 Å².